The third-order valence-corrected chi connectivity index (χ3v) is 8.89. The molecule has 0 spiro atoms. The van der Waals surface area contributed by atoms with Crippen LogP contribution in [0.1, 0.15) is 194 Å². The summed E-state index contributed by atoms with van der Waals surface area (Å²) in [4.78, 5) is 24.2. The van der Waals surface area contributed by atoms with E-state index in [1.54, 1.807) is 0 Å². The molecule has 0 aromatic rings. The number of rotatable bonds is 34. The highest BCUT2D eigenvalue weighted by Gasteiger charge is 2.17. The first-order valence-corrected chi connectivity index (χ1v) is 19.0. The van der Waals surface area contributed by atoms with Gasteiger partial charge in [-0.25, -0.2) is 0 Å². The normalized spacial score (nSPS) is 11.6. The van der Waals surface area contributed by atoms with Crippen LogP contribution in [-0.4, -0.2) is 56.8 Å². The van der Waals surface area contributed by atoms with E-state index in [1.165, 1.54) is 141 Å². The molecule has 0 heterocycles. The second-order valence-corrected chi connectivity index (χ2v) is 13.8. The molecule has 43 heavy (non-hydrogen) atoms. The van der Waals surface area contributed by atoms with Crippen LogP contribution in [-0.2, 0) is 19.1 Å². The smallest absolute Gasteiger partial charge is 0.305 e. The van der Waals surface area contributed by atoms with E-state index in [-0.39, 0.29) is 11.9 Å². The number of hydrogen-bond donors (Lipinski definition) is 0. The van der Waals surface area contributed by atoms with Gasteiger partial charge in [0.05, 0.1) is 14.1 Å². The van der Waals surface area contributed by atoms with Crippen LogP contribution in [0.3, 0.4) is 0 Å². The first kappa shape index (κ1) is 41.9. The molecule has 0 aromatic heterocycles. The summed E-state index contributed by atoms with van der Waals surface area (Å²) in [6.45, 7) is 6.87. The molecule has 5 heteroatoms. The fourth-order valence-corrected chi connectivity index (χ4v) is 5.64. The molecule has 0 saturated carbocycles. The third kappa shape index (κ3) is 33.6. The molecule has 0 unspecified atom stereocenters. The standard InChI is InChI=1S/C38H76NO4/c1-5-7-9-11-13-15-17-19-21-23-25-27-29-31-37(40)42-35-33-39(3,4)34-36-43-38(41)32-30-28-26-24-22-20-18-16-14-12-10-8-6-2/h5-36H2,1-4H3/q+1. The minimum atomic E-state index is -0.0766. The maximum absolute atomic E-state index is 12.1. The highest BCUT2D eigenvalue weighted by molar-refractivity contribution is 5.69. The van der Waals surface area contributed by atoms with E-state index in [2.05, 4.69) is 27.9 Å². The van der Waals surface area contributed by atoms with E-state index in [0.717, 1.165) is 38.8 Å². The van der Waals surface area contributed by atoms with E-state index in [1.807, 2.05) is 0 Å². The average Bonchev–Trinajstić information content (AvgIpc) is 2.97. The van der Waals surface area contributed by atoms with E-state index in [4.69, 9.17) is 9.47 Å². The van der Waals surface area contributed by atoms with E-state index in [0.29, 0.717) is 30.5 Å². The summed E-state index contributed by atoms with van der Waals surface area (Å²) in [5.41, 5.74) is 0. The first-order chi connectivity index (χ1) is 20.9. The molecular formula is C38H76NO4+. The number of carbonyl (C=O) groups excluding carboxylic acids is 2. The SMILES string of the molecule is CCCCCCCCCCCCCCCC(=O)OCC[N+](C)(C)CCOC(=O)CCCCCCCCCCCCCCC. The summed E-state index contributed by atoms with van der Waals surface area (Å²) in [7, 11) is 4.20. The molecule has 0 saturated heterocycles. The topological polar surface area (TPSA) is 52.6 Å². The van der Waals surface area contributed by atoms with Crippen LogP contribution in [0.15, 0.2) is 0 Å². The summed E-state index contributed by atoms with van der Waals surface area (Å²) < 4.78 is 11.6. The molecule has 0 fully saturated rings. The van der Waals surface area contributed by atoms with Crippen molar-refractivity contribution in [2.24, 2.45) is 0 Å². The average molecular weight is 611 g/mol. The number of nitrogens with zero attached hydrogens (tertiary/aromatic N) is 1. The Hall–Kier alpha value is -1.10. The zero-order valence-corrected chi connectivity index (χ0v) is 29.7. The Bertz CT molecular complexity index is 557. The summed E-state index contributed by atoms with van der Waals surface area (Å²) in [5, 5.41) is 0. The Balaban J connectivity index is 3.50. The molecule has 0 bridgehead atoms. The lowest BCUT2D eigenvalue weighted by Crippen LogP contribution is -2.45. The first-order valence-electron chi connectivity index (χ1n) is 19.0. The Morgan fingerprint density at radius 3 is 0.884 bits per heavy atom. The van der Waals surface area contributed by atoms with Crippen molar-refractivity contribution in [1.82, 2.24) is 0 Å². The van der Waals surface area contributed by atoms with Gasteiger partial charge in [-0.3, -0.25) is 9.59 Å². The number of likely N-dealkylation sites (N-methyl/N-ethyl adjacent to an activating group) is 1. The Labute approximate surface area is 269 Å². The highest BCUT2D eigenvalue weighted by Crippen LogP contribution is 2.14. The number of esters is 2. The number of carbonyl (C=O) groups is 2. The van der Waals surface area contributed by atoms with Crippen molar-refractivity contribution >= 4 is 11.9 Å². The van der Waals surface area contributed by atoms with Crippen molar-refractivity contribution in [1.29, 1.82) is 0 Å². The maximum Gasteiger partial charge on any atom is 0.305 e. The van der Waals surface area contributed by atoms with Gasteiger partial charge in [-0.05, 0) is 12.8 Å². The zero-order valence-electron chi connectivity index (χ0n) is 29.7. The van der Waals surface area contributed by atoms with Crippen molar-refractivity contribution < 1.29 is 23.5 Å². The van der Waals surface area contributed by atoms with E-state index >= 15 is 0 Å². The van der Waals surface area contributed by atoms with Gasteiger partial charge in [0, 0.05) is 12.8 Å². The summed E-state index contributed by atoms with van der Waals surface area (Å²) in [6, 6.07) is 0. The second kappa shape index (κ2) is 32.3. The van der Waals surface area contributed by atoms with Crippen LogP contribution in [0, 0.1) is 0 Å². The lowest BCUT2D eigenvalue weighted by atomic mass is 10.0. The van der Waals surface area contributed by atoms with Gasteiger partial charge in [0.15, 0.2) is 0 Å². The van der Waals surface area contributed by atoms with Crippen LogP contribution in [0.25, 0.3) is 0 Å². The van der Waals surface area contributed by atoms with Crippen molar-refractivity contribution in [3.8, 4) is 0 Å². The monoisotopic (exact) mass is 611 g/mol. The fraction of sp³-hybridized carbons (Fsp3) is 0.947. The lowest BCUT2D eigenvalue weighted by Gasteiger charge is -2.29. The Morgan fingerprint density at radius 1 is 0.395 bits per heavy atom. The van der Waals surface area contributed by atoms with Gasteiger partial charge in [-0.1, -0.05) is 168 Å². The van der Waals surface area contributed by atoms with Crippen LogP contribution >= 0.6 is 0 Å². The van der Waals surface area contributed by atoms with Crippen LogP contribution in [0.4, 0.5) is 0 Å². The second-order valence-electron chi connectivity index (χ2n) is 13.8. The lowest BCUT2D eigenvalue weighted by molar-refractivity contribution is -0.890. The van der Waals surface area contributed by atoms with Gasteiger partial charge in [-0.2, -0.15) is 0 Å². The fourth-order valence-electron chi connectivity index (χ4n) is 5.64. The van der Waals surface area contributed by atoms with Gasteiger partial charge >= 0.3 is 11.9 Å². The molecule has 0 aliphatic heterocycles. The van der Waals surface area contributed by atoms with E-state index < -0.39 is 0 Å². The maximum atomic E-state index is 12.1. The van der Waals surface area contributed by atoms with Gasteiger partial charge < -0.3 is 14.0 Å². The minimum Gasteiger partial charge on any atom is -0.460 e. The zero-order chi connectivity index (χ0) is 31.7. The Morgan fingerprint density at radius 2 is 0.628 bits per heavy atom. The molecule has 0 amide bonds. The molecule has 0 rings (SSSR count). The molecule has 0 aliphatic rings. The third-order valence-electron chi connectivity index (χ3n) is 8.89. The quantitative estimate of drug-likeness (QED) is 0.0413. The van der Waals surface area contributed by atoms with Crippen molar-refractivity contribution in [2.75, 3.05) is 40.4 Å². The molecular weight excluding hydrogens is 534 g/mol. The predicted octanol–water partition coefficient (Wildman–Crippen LogP) is 11.1. The summed E-state index contributed by atoms with van der Waals surface area (Å²) in [6.07, 6.45) is 35.1. The van der Waals surface area contributed by atoms with Crippen molar-refractivity contribution in [3.63, 3.8) is 0 Å². The molecule has 0 aromatic carbocycles. The molecule has 0 N–H and O–H groups in total. The van der Waals surface area contributed by atoms with E-state index in [9.17, 15) is 9.59 Å². The summed E-state index contributed by atoms with van der Waals surface area (Å²) in [5.74, 6) is -0.153. The number of ether oxygens (including phenoxy) is 2. The molecule has 0 aliphatic carbocycles. The van der Waals surface area contributed by atoms with Crippen molar-refractivity contribution in [3.05, 3.63) is 0 Å². The predicted molar refractivity (Wildman–Crippen MR) is 184 cm³/mol. The minimum absolute atomic E-state index is 0.0766. The van der Waals surface area contributed by atoms with Crippen LogP contribution in [0.2, 0.25) is 0 Å². The van der Waals surface area contributed by atoms with Crippen LogP contribution < -0.4 is 0 Å². The van der Waals surface area contributed by atoms with Gasteiger partial charge in [0.2, 0.25) is 0 Å². The van der Waals surface area contributed by atoms with Gasteiger partial charge in [0.25, 0.3) is 0 Å². The van der Waals surface area contributed by atoms with Crippen LogP contribution in [0.5, 0.6) is 0 Å². The highest BCUT2D eigenvalue weighted by atomic mass is 16.5. The molecule has 256 valence electrons. The van der Waals surface area contributed by atoms with Gasteiger partial charge in [0.1, 0.15) is 26.3 Å². The largest absolute Gasteiger partial charge is 0.460 e. The Kier molecular flexibility index (Phi) is 31.5. The molecule has 5 nitrogen and oxygen atoms in total. The number of quaternary nitrogens is 1. The number of unbranched alkanes of at least 4 members (excludes halogenated alkanes) is 24. The van der Waals surface area contributed by atoms with Gasteiger partial charge in [-0.15, -0.1) is 0 Å². The number of hydrogen-bond acceptors (Lipinski definition) is 4. The van der Waals surface area contributed by atoms with Crippen molar-refractivity contribution in [2.45, 2.75) is 194 Å². The molecule has 0 atom stereocenters. The summed E-state index contributed by atoms with van der Waals surface area (Å²) >= 11 is 0. The molecule has 0 radical (unpaired) electrons.